The van der Waals surface area contributed by atoms with Gasteiger partial charge in [-0.3, -0.25) is 19.4 Å². The highest BCUT2D eigenvalue weighted by Gasteiger charge is 2.56. The van der Waals surface area contributed by atoms with Crippen molar-refractivity contribution in [1.82, 2.24) is 4.98 Å². The summed E-state index contributed by atoms with van der Waals surface area (Å²) >= 11 is 0. The van der Waals surface area contributed by atoms with Crippen LogP contribution < -0.4 is 24.8 Å². The van der Waals surface area contributed by atoms with Gasteiger partial charge in [0.15, 0.2) is 23.1 Å². The summed E-state index contributed by atoms with van der Waals surface area (Å²) < 4.78 is 62.0. The molecule has 1 saturated carbocycles. The first kappa shape index (κ1) is 37.9. The number of carbonyl (C=O) groups is 3. The molecular weight excluding hydrogens is 680 g/mol. The summed E-state index contributed by atoms with van der Waals surface area (Å²) in [6.07, 6.45) is 2.32. The number of fused-ring (bicyclic) bond motifs is 1. The third kappa shape index (κ3) is 10.1. The number of anilines is 2. The van der Waals surface area contributed by atoms with E-state index in [1.165, 1.54) is 49.7 Å². The number of nitrogens with zero attached hydrogens (tertiary/aromatic N) is 1. The highest BCUT2D eigenvalue weighted by atomic mass is 19.1. The van der Waals surface area contributed by atoms with E-state index in [0.29, 0.717) is 59.9 Å². The van der Waals surface area contributed by atoms with Gasteiger partial charge in [-0.05, 0) is 82.1 Å². The normalized spacial score (nSPS) is 13.3. The molecular formula is C38H41F2N3O9. The molecule has 52 heavy (non-hydrogen) atoms. The number of benzene rings is 3. The standard InChI is InChI=1S/C38H41F2N3O9/c1-37(2,3)52-34(44)12-16-48-17-18-49-19-20-50-33-23-29-27(22-32(33)47-4)30(11-15-41-29)51-31-10-9-26(21-28(31)40)43-36(46)38(13-14-38)35(45)42-25-7-5-24(39)6-8-25/h5-11,15,21-23H,12-14,16-20H2,1-4H3,(H,42,45)(H,43,46). The first-order valence-corrected chi connectivity index (χ1v) is 16.7. The third-order valence-corrected chi connectivity index (χ3v) is 7.85. The van der Waals surface area contributed by atoms with Crippen molar-refractivity contribution in [3.05, 3.63) is 78.5 Å². The maximum absolute atomic E-state index is 15.3. The maximum atomic E-state index is 15.3. The lowest BCUT2D eigenvalue weighted by Crippen LogP contribution is -2.35. The first-order valence-electron chi connectivity index (χ1n) is 16.7. The summed E-state index contributed by atoms with van der Waals surface area (Å²) in [6.45, 7) is 6.78. The number of rotatable bonds is 17. The molecule has 0 saturated heterocycles. The van der Waals surface area contributed by atoms with E-state index < -0.39 is 34.5 Å². The smallest absolute Gasteiger partial charge is 0.308 e. The van der Waals surface area contributed by atoms with Crippen molar-refractivity contribution in [3.8, 4) is 23.0 Å². The van der Waals surface area contributed by atoms with Crippen molar-refractivity contribution in [2.75, 3.05) is 50.8 Å². The van der Waals surface area contributed by atoms with Crippen molar-refractivity contribution >= 4 is 40.1 Å². The Morgan fingerprint density at radius 3 is 2.08 bits per heavy atom. The molecule has 0 bridgehead atoms. The second kappa shape index (κ2) is 16.8. The number of amides is 2. The number of methoxy groups -OCH3 is 1. The van der Waals surface area contributed by atoms with E-state index in [-0.39, 0.29) is 43.6 Å². The Morgan fingerprint density at radius 2 is 1.42 bits per heavy atom. The Balaban J connectivity index is 1.13. The molecule has 276 valence electrons. The van der Waals surface area contributed by atoms with Crippen molar-refractivity contribution < 1.29 is 51.6 Å². The molecule has 1 aliphatic carbocycles. The molecule has 2 amide bonds. The van der Waals surface area contributed by atoms with Crippen LogP contribution in [0.2, 0.25) is 0 Å². The lowest BCUT2D eigenvalue weighted by atomic mass is 10.0. The number of nitrogens with one attached hydrogen (secondary N) is 2. The molecule has 3 aromatic carbocycles. The number of aromatic nitrogens is 1. The zero-order valence-electron chi connectivity index (χ0n) is 29.4. The Kier molecular flexibility index (Phi) is 12.2. The van der Waals surface area contributed by atoms with Gasteiger partial charge in [-0.2, -0.15) is 0 Å². The van der Waals surface area contributed by atoms with Gasteiger partial charge in [0.05, 0.1) is 45.5 Å². The molecule has 5 rings (SSSR count). The van der Waals surface area contributed by atoms with E-state index in [4.69, 9.17) is 28.4 Å². The Bertz CT molecular complexity index is 1890. The van der Waals surface area contributed by atoms with Gasteiger partial charge in [0.2, 0.25) is 11.8 Å². The molecule has 1 aliphatic rings. The molecule has 12 nitrogen and oxygen atoms in total. The summed E-state index contributed by atoms with van der Waals surface area (Å²) in [6, 6.07) is 14.1. The van der Waals surface area contributed by atoms with Gasteiger partial charge in [0.1, 0.15) is 29.2 Å². The highest BCUT2D eigenvalue weighted by molar-refractivity contribution is 6.16. The quantitative estimate of drug-likeness (QED) is 0.0678. The molecule has 0 unspecified atom stereocenters. The minimum atomic E-state index is -1.30. The van der Waals surface area contributed by atoms with Crippen molar-refractivity contribution in [1.29, 1.82) is 0 Å². The molecule has 14 heteroatoms. The molecule has 2 N–H and O–H groups in total. The molecule has 1 fully saturated rings. The van der Waals surface area contributed by atoms with Crippen LogP contribution in [0.3, 0.4) is 0 Å². The van der Waals surface area contributed by atoms with E-state index >= 15 is 4.39 Å². The Hall–Kier alpha value is -5.34. The lowest BCUT2D eigenvalue weighted by molar-refractivity contribution is -0.156. The van der Waals surface area contributed by atoms with Crippen LogP contribution in [0, 0.1) is 17.0 Å². The fraction of sp³-hybridized carbons (Fsp3) is 0.368. The third-order valence-electron chi connectivity index (χ3n) is 7.85. The average Bonchev–Trinajstić information content (AvgIpc) is 3.91. The van der Waals surface area contributed by atoms with Crippen molar-refractivity contribution in [2.24, 2.45) is 5.41 Å². The van der Waals surface area contributed by atoms with Crippen LogP contribution in [0.1, 0.15) is 40.0 Å². The summed E-state index contributed by atoms with van der Waals surface area (Å²) in [5.41, 5.74) is -0.818. The number of hydrogen-bond donors (Lipinski definition) is 2. The lowest BCUT2D eigenvalue weighted by Gasteiger charge is -2.19. The van der Waals surface area contributed by atoms with Gasteiger partial charge < -0.3 is 39.1 Å². The predicted molar refractivity (Wildman–Crippen MR) is 188 cm³/mol. The number of carbonyl (C=O) groups excluding carboxylic acids is 3. The molecule has 1 aromatic heterocycles. The van der Waals surface area contributed by atoms with Crippen molar-refractivity contribution in [3.63, 3.8) is 0 Å². The summed E-state index contributed by atoms with van der Waals surface area (Å²) in [7, 11) is 1.49. The van der Waals surface area contributed by atoms with Gasteiger partial charge in [-0.1, -0.05) is 0 Å². The van der Waals surface area contributed by atoms with Crippen LogP contribution in [0.25, 0.3) is 10.9 Å². The maximum Gasteiger partial charge on any atom is 0.308 e. The van der Waals surface area contributed by atoms with Crippen LogP contribution in [0.5, 0.6) is 23.0 Å². The molecule has 4 aromatic rings. The number of halogens is 2. The second-order valence-corrected chi connectivity index (χ2v) is 13.0. The zero-order valence-corrected chi connectivity index (χ0v) is 29.4. The average molecular weight is 722 g/mol. The number of hydrogen-bond acceptors (Lipinski definition) is 10. The minimum absolute atomic E-state index is 0.106. The van der Waals surface area contributed by atoms with E-state index in [1.54, 1.807) is 18.2 Å². The van der Waals surface area contributed by atoms with Gasteiger partial charge in [0.25, 0.3) is 0 Å². The number of esters is 1. The van der Waals surface area contributed by atoms with Crippen LogP contribution in [0.4, 0.5) is 20.2 Å². The van der Waals surface area contributed by atoms with E-state index in [0.717, 1.165) is 6.07 Å². The molecule has 0 spiro atoms. The summed E-state index contributed by atoms with van der Waals surface area (Å²) in [5.74, 6) is -1.59. The fourth-order valence-corrected chi connectivity index (χ4v) is 5.07. The molecule has 0 radical (unpaired) electrons. The highest BCUT2D eigenvalue weighted by Crippen LogP contribution is 2.47. The molecule has 1 heterocycles. The summed E-state index contributed by atoms with van der Waals surface area (Å²) in [5, 5.41) is 5.80. The van der Waals surface area contributed by atoms with Gasteiger partial charge in [-0.25, -0.2) is 8.78 Å². The second-order valence-electron chi connectivity index (χ2n) is 13.0. The van der Waals surface area contributed by atoms with Crippen molar-refractivity contribution in [2.45, 2.75) is 45.6 Å². The first-order chi connectivity index (χ1) is 24.9. The summed E-state index contributed by atoms with van der Waals surface area (Å²) in [4.78, 5) is 42.1. The van der Waals surface area contributed by atoms with Gasteiger partial charge >= 0.3 is 5.97 Å². The largest absolute Gasteiger partial charge is 0.493 e. The van der Waals surface area contributed by atoms with E-state index in [2.05, 4.69) is 15.6 Å². The SMILES string of the molecule is COc1cc2c(Oc3ccc(NC(=O)C4(C(=O)Nc5ccc(F)cc5)CC4)cc3F)ccnc2cc1OCCOCCOCCC(=O)OC(C)(C)C. The molecule has 0 atom stereocenters. The number of pyridine rings is 1. The zero-order chi connectivity index (χ0) is 37.3. The van der Waals surface area contributed by atoms with E-state index in [9.17, 15) is 18.8 Å². The Morgan fingerprint density at radius 1 is 0.769 bits per heavy atom. The van der Waals surface area contributed by atoms with E-state index in [1.807, 2.05) is 20.8 Å². The van der Waals surface area contributed by atoms with Crippen LogP contribution in [0.15, 0.2) is 66.9 Å². The fourth-order valence-electron chi connectivity index (χ4n) is 5.07. The topological polar surface area (TPSA) is 144 Å². The van der Waals surface area contributed by atoms with Crippen LogP contribution >= 0.6 is 0 Å². The predicted octanol–water partition coefficient (Wildman–Crippen LogP) is 6.82. The number of ether oxygens (including phenoxy) is 6. The van der Waals surface area contributed by atoms with Crippen LogP contribution in [-0.4, -0.2) is 68.5 Å². The monoisotopic (exact) mass is 721 g/mol. The van der Waals surface area contributed by atoms with Gasteiger partial charge in [-0.15, -0.1) is 0 Å². The van der Waals surface area contributed by atoms with Crippen LogP contribution in [-0.2, 0) is 28.6 Å². The molecule has 0 aliphatic heterocycles. The Labute approximate surface area is 299 Å². The van der Waals surface area contributed by atoms with Gasteiger partial charge in [0, 0.05) is 35.1 Å². The minimum Gasteiger partial charge on any atom is -0.493 e.